The van der Waals surface area contributed by atoms with Crippen molar-refractivity contribution >= 4 is 18.8 Å². The first-order chi connectivity index (χ1) is 10.7. The van der Waals surface area contributed by atoms with Gasteiger partial charge in [0.1, 0.15) is 0 Å². The van der Waals surface area contributed by atoms with Crippen molar-refractivity contribution in [1.82, 2.24) is 0 Å². The molecule has 0 aromatic heterocycles. The topological polar surface area (TPSA) is 9.23 Å². The maximum absolute atomic E-state index is 7.07. The van der Waals surface area contributed by atoms with Crippen LogP contribution in [0.25, 0.3) is 0 Å². The standard InChI is InChI=1S/C8H14O.3C4H9.Sn/c1-7-5-3-2-4-6-8(7)9;3*1-3-4-2;/h9H,2-6H2,1H3;3*1,3-4H2,2H3;/q;;;;+1/p-1. The van der Waals surface area contributed by atoms with Crippen LogP contribution in [0.5, 0.6) is 0 Å². The van der Waals surface area contributed by atoms with E-state index in [1.165, 1.54) is 89.7 Å². The molecule has 0 spiro atoms. The number of hydrogen-bond donors (Lipinski definition) is 0. The van der Waals surface area contributed by atoms with Crippen LogP contribution < -0.4 is 0 Å². The Balaban J connectivity index is 2.87. The van der Waals surface area contributed by atoms with Gasteiger partial charge in [-0.3, -0.25) is 0 Å². The van der Waals surface area contributed by atoms with E-state index in [9.17, 15) is 0 Å². The van der Waals surface area contributed by atoms with Crippen LogP contribution in [0.3, 0.4) is 0 Å². The molecule has 0 saturated carbocycles. The van der Waals surface area contributed by atoms with Crippen molar-refractivity contribution in [2.45, 2.75) is 112 Å². The van der Waals surface area contributed by atoms with E-state index in [2.05, 4.69) is 27.7 Å². The van der Waals surface area contributed by atoms with E-state index in [1.807, 2.05) is 0 Å². The van der Waals surface area contributed by atoms with Crippen molar-refractivity contribution in [3.63, 3.8) is 0 Å². The summed E-state index contributed by atoms with van der Waals surface area (Å²) in [7, 11) is 0. The SMILES string of the molecule is CCC[CH2][Sn]([CH2]CCC)([CH2]CCC)[O]C1=C(C)CCCCC1. The Labute approximate surface area is 144 Å². The van der Waals surface area contributed by atoms with Crippen LogP contribution in [0.15, 0.2) is 11.3 Å². The molecule has 0 unspecified atom stereocenters. The van der Waals surface area contributed by atoms with Crippen molar-refractivity contribution in [3.8, 4) is 0 Å². The fourth-order valence-electron chi connectivity index (χ4n) is 3.63. The van der Waals surface area contributed by atoms with Crippen LogP contribution in [-0.2, 0) is 3.07 Å². The summed E-state index contributed by atoms with van der Waals surface area (Å²) in [5.74, 6) is 1.46. The minimum absolute atomic E-state index is 1.23. The molecule has 0 saturated heterocycles. The number of allylic oxidation sites excluding steroid dienone is 2. The van der Waals surface area contributed by atoms with Crippen molar-refractivity contribution in [2.75, 3.05) is 0 Å². The molecule has 0 fully saturated rings. The molecule has 0 aromatic carbocycles. The third kappa shape index (κ3) is 7.27. The van der Waals surface area contributed by atoms with Gasteiger partial charge in [-0.05, 0) is 0 Å². The van der Waals surface area contributed by atoms with Crippen molar-refractivity contribution in [2.24, 2.45) is 0 Å². The Bertz CT molecular complexity index is 300. The molecule has 0 amide bonds. The van der Waals surface area contributed by atoms with E-state index in [-0.39, 0.29) is 0 Å². The van der Waals surface area contributed by atoms with Crippen molar-refractivity contribution in [3.05, 3.63) is 11.3 Å². The third-order valence-corrected chi connectivity index (χ3v) is 18.0. The van der Waals surface area contributed by atoms with Crippen LogP contribution >= 0.6 is 0 Å². The summed E-state index contributed by atoms with van der Waals surface area (Å²) in [5, 5.41) is 0. The zero-order chi connectivity index (χ0) is 16.3. The van der Waals surface area contributed by atoms with E-state index in [0.29, 0.717) is 0 Å². The van der Waals surface area contributed by atoms with Gasteiger partial charge in [-0.25, -0.2) is 0 Å². The molecule has 22 heavy (non-hydrogen) atoms. The van der Waals surface area contributed by atoms with Gasteiger partial charge < -0.3 is 0 Å². The van der Waals surface area contributed by atoms with E-state index in [0.717, 1.165) is 0 Å². The first kappa shape index (κ1) is 20.4. The molecule has 0 bridgehead atoms. The molecule has 1 aliphatic carbocycles. The van der Waals surface area contributed by atoms with Gasteiger partial charge in [0.15, 0.2) is 0 Å². The molecule has 0 aliphatic heterocycles. The molecule has 2 heteroatoms. The Hall–Kier alpha value is 0.339. The zero-order valence-corrected chi connectivity index (χ0v) is 18.7. The van der Waals surface area contributed by atoms with Gasteiger partial charge in [-0.1, -0.05) is 0 Å². The quantitative estimate of drug-likeness (QED) is 0.316. The molecule has 130 valence electrons. The van der Waals surface area contributed by atoms with Crippen LogP contribution in [0.1, 0.15) is 98.3 Å². The Morgan fingerprint density at radius 2 is 1.27 bits per heavy atom. The molecule has 0 N–H and O–H groups in total. The molecule has 1 rings (SSSR count). The van der Waals surface area contributed by atoms with Crippen LogP contribution in [0.4, 0.5) is 0 Å². The summed E-state index contributed by atoms with van der Waals surface area (Å²) >= 11 is -2.44. The van der Waals surface area contributed by atoms with E-state index in [4.69, 9.17) is 3.07 Å². The molecule has 1 nitrogen and oxygen atoms in total. The molecule has 0 atom stereocenters. The minimum atomic E-state index is -2.44. The Morgan fingerprint density at radius 1 is 0.773 bits per heavy atom. The number of rotatable bonds is 11. The molecular formula is C20H40OSn. The van der Waals surface area contributed by atoms with Crippen molar-refractivity contribution in [1.29, 1.82) is 0 Å². The normalized spacial score (nSPS) is 16.7. The first-order valence-electron chi connectivity index (χ1n) is 10.0. The average Bonchev–Trinajstić information content (AvgIpc) is 2.73. The summed E-state index contributed by atoms with van der Waals surface area (Å²) < 4.78 is 11.4. The molecular weight excluding hydrogens is 375 g/mol. The Morgan fingerprint density at radius 3 is 1.77 bits per heavy atom. The van der Waals surface area contributed by atoms with E-state index < -0.39 is 18.8 Å². The van der Waals surface area contributed by atoms with Gasteiger partial charge in [0.05, 0.1) is 0 Å². The molecule has 1 aliphatic rings. The summed E-state index contributed by atoms with van der Waals surface area (Å²) in [6, 6.07) is 0. The van der Waals surface area contributed by atoms with Crippen LogP contribution in [0, 0.1) is 0 Å². The van der Waals surface area contributed by atoms with E-state index >= 15 is 0 Å². The van der Waals surface area contributed by atoms with Gasteiger partial charge in [0.2, 0.25) is 0 Å². The number of unbranched alkanes of at least 4 members (excludes halogenated alkanes) is 3. The van der Waals surface area contributed by atoms with Crippen molar-refractivity contribution < 1.29 is 3.07 Å². The Kier molecular flexibility index (Phi) is 10.9. The second-order valence-electron chi connectivity index (χ2n) is 7.36. The summed E-state index contributed by atoms with van der Waals surface area (Å²) in [6.45, 7) is 9.36. The predicted octanol–water partition coefficient (Wildman–Crippen LogP) is 7.59. The van der Waals surface area contributed by atoms with Gasteiger partial charge in [-0.2, -0.15) is 0 Å². The fourth-order valence-corrected chi connectivity index (χ4v) is 17.5. The van der Waals surface area contributed by atoms with Gasteiger partial charge in [-0.15, -0.1) is 0 Å². The molecule has 0 heterocycles. The fraction of sp³-hybridized carbons (Fsp3) is 0.900. The van der Waals surface area contributed by atoms with Crippen LogP contribution in [0.2, 0.25) is 13.3 Å². The second-order valence-corrected chi connectivity index (χ2v) is 19.0. The molecule has 0 aromatic rings. The average molecular weight is 415 g/mol. The van der Waals surface area contributed by atoms with Crippen LogP contribution in [-0.4, -0.2) is 18.8 Å². The van der Waals surface area contributed by atoms with Gasteiger partial charge in [0.25, 0.3) is 0 Å². The van der Waals surface area contributed by atoms with Gasteiger partial charge in [0, 0.05) is 0 Å². The zero-order valence-electron chi connectivity index (χ0n) is 15.8. The summed E-state index contributed by atoms with van der Waals surface area (Å²) in [4.78, 5) is 0. The monoisotopic (exact) mass is 416 g/mol. The maximum atomic E-state index is 7.07. The number of hydrogen-bond acceptors (Lipinski definition) is 1. The molecule has 0 radical (unpaired) electrons. The summed E-state index contributed by atoms with van der Waals surface area (Å²) in [6.07, 6.45) is 14.8. The third-order valence-electron chi connectivity index (χ3n) is 5.23. The second kappa shape index (κ2) is 11.8. The van der Waals surface area contributed by atoms with Gasteiger partial charge >= 0.3 is 145 Å². The summed E-state index contributed by atoms with van der Waals surface area (Å²) in [5.41, 5.74) is 1.59. The predicted molar refractivity (Wildman–Crippen MR) is 102 cm³/mol. The first-order valence-corrected chi connectivity index (χ1v) is 17.3. The van der Waals surface area contributed by atoms with E-state index in [1.54, 1.807) is 5.57 Å².